The number of anilines is 1. The number of carbonyl (C=O) groups excluding carboxylic acids is 2. The quantitative estimate of drug-likeness (QED) is 0.295. The summed E-state index contributed by atoms with van der Waals surface area (Å²) in [5.41, 5.74) is 6.66. The number of imidazole rings is 1. The zero-order valence-corrected chi connectivity index (χ0v) is 21.7. The molecule has 39 heavy (non-hydrogen) atoms. The lowest BCUT2D eigenvalue weighted by atomic mass is 9.94. The maximum absolute atomic E-state index is 12.4. The molecule has 14 nitrogen and oxygen atoms in total. The fraction of sp³-hybridized carbons (Fsp3) is 0.640. The van der Waals surface area contributed by atoms with E-state index in [9.17, 15) is 19.8 Å². The number of nitrogens with two attached hydrogens (primary N) is 1. The Hall–Kier alpha value is -3.51. The van der Waals surface area contributed by atoms with E-state index in [1.807, 2.05) is 0 Å². The third-order valence-corrected chi connectivity index (χ3v) is 7.32. The Balaban J connectivity index is 1.22. The maximum Gasteiger partial charge on any atom is 0.410 e. The molecular weight excluding hydrogens is 508 g/mol. The molecule has 2 aromatic heterocycles. The zero-order chi connectivity index (χ0) is 27.5. The summed E-state index contributed by atoms with van der Waals surface area (Å²) in [5, 5.41) is 26.7. The second kappa shape index (κ2) is 11.7. The molecule has 0 radical (unpaired) electrons. The van der Waals surface area contributed by atoms with Gasteiger partial charge in [-0.1, -0.05) is 5.92 Å². The van der Waals surface area contributed by atoms with Gasteiger partial charge in [-0.05, 0) is 44.6 Å². The van der Waals surface area contributed by atoms with Crippen LogP contribution in [0.1, 0.15) is 44.7 Å². The van der Waals surface area contributed by atoms with Crippen molar-refractivity contribution >= 4 is 29.0 Å². The summed E-state index contributed by atoms with van der Waals surface area (Å²) >= 11 is 0. The summed E-state index contributed by atoms with van der Waals surface area (Å²) in [6.45, 7) is 4.95. The Morgan fingerprint density at radius 2 is 2.05 bits per heavy atom. The van der Waals surface area contributed by atoms with E-state index < -0.39 is 30.4 Å². The first-order chi connectivity index (χ1) is 18.9. The number of hydrogen-bond acceptors (Lipinski definition) is 11. The number of amides is 2. The van der Waals surface area contributed by atoms with Crippen LogP contribution in [0, 0.1) is 17.8 Å². The highest BCUT2D eigenvalue weighted by Crippen LogP contribution is 2.32. The number of likely N-dealkylation sites (tertiary alicyclic amines) is 1. The predicted octanol–water partition coefficient (Wildman–Crippen LogP) is -0.884. The largest absolute Gasteiger partial charge is 0.445 e. The number of rotatable bonds is 5. The number of piperidine rings is 1. The van der Waals surface area contributed by atoms with Gasteiger partial charge in [0, 0.05) is 32.6 Å². The van der Waals surface area contributed by atoms with Crippen molar-refractivity contribution in [1.82, 2.24) is 35.1 Å². The normalized spacial score (nSPS) is 27.4. The number of carbonyl (C=O) groups is 2. The molecule has 5 heterocycles. The first-order valence-electron chi connectivity index (χ1n) is 13.3. The van der Waals surface area contributed by atoms with E-state index in [-0.39, 0.29) is 29.5 Å². The van der Waals surface area contributed by atoms with Crippen molar-refractivity contribution in [3.8, 4) is 11.8 Å². The van der Waals surface area contributed by atoms with Gasteiger partial charge in [0.1, 0.15) is 23.8 Å². The average Bonchev–Trinajstić information content (AvgIpc) is 3.65. The Bertz CT molecular complexity index is 1260. The highest BCUT2D eigenvalue weighted by Gasteiger charge is 2.47. The van der Waals surface area contributed by atoms with E-state index in [0.29, 0.717) is 44.0 Å². The van der Waals surface area contributed by atoms with Crippen LogP contribution in [0.3, 0.4) is 0 Å². The molecule has 0 aromatic carbocycles. The van der Waals surface area contributed by atoms with Gasteiger partial charge < -0.3 is 41.0 Å². The van der Waals surface area contributed by atoms with Gasteiger partial charge in [-0.15, -0.1) is 0 Å². The Labute approximate surface area is 225 Å². The number of nitrogens with one attached hydrogen (secondary N) is 2. The predicted molar refractivity (Wildman–Crippen MR) is 138 cm³/mol. The van der Waals surface area contributed by atoms with Gasteiger partial charge in [-0.3, -0.25) is 9.36 Å². The van der Waals surface area contributed by atoms with Gasteiger partial charge in [-0.25, -0.2) is 19.7 Å². The van der Waals surface area contributed by atoms with Crippen LogP contribution in [-0.4, -0.2) is 104 Å². The molecule has 0 spiro atoms. The van der Waals surface area contributed by atoms with Crippen LogP contribution < -0.4 is 16.4 Å². The SMILES string of the molecule is CCNC(=O)[C@H]1O[C@@H](n2cnc3c(N)nc(C#CCC4CCN(C(=O)OC5CCNC5)CC4)nc32)[C@H](O)[C@@H]1O. The monoisotopic (exact) mass is 542 g/mol. The molecule has 0 aliphatic carbocycles. The average molecular weight is 543 g/mol. The van der Waals surface area contributed by atoms with E-state index in [0.717, 1.165) is 25.8 Å². The van der Waals surface area contributed by atoms with Gasteiger partial charge in [0.15, 0.2) is 23.8 Å². The van der Waals surface area contributed by atoms with Crippen molar-refractivity contribution in [2.24, 2.45) is 5.92 Å². The van der Waals surface area contributed by atoms with Crippen molar-refractivity contribution < 1.29 is 29.3 Å². The summed E-state index contributed by atoms with van der Waals surface area (Å²) in [6, 6.07) is 0. The molecule has 3 saturated heterocycles. The smallest absolute Gasteiger partial charge is 0.410 e. The molecule has 6 N–H and O–H groups in total. The highest BCUT2D eigenvalue weighted by molar-refractivity contribution is 5.83. The molecule has 3 aliphatic rings. The van der Waals surface area contributed by atoms with E-state index in [1.165, 1.54) is 10.9 Å². The van der Waals surface area contributed by atoms with Crippen LogP contribution in [0.5, 0.6) is 0 Å². The summed E-state index contributed by atoms with van der Waals surface area (Å²) in [4.78, 5) is 39.3. The van der Waals surface area contributed by atoms with Gasteiger partial charge in [-0.2, -0.15) is 0 Å². The zero-order valence-electron chi connectivity index (χ0n) is 21.7. The second-order valence-electron chi connectivity index (χ2n) is 10.0. The Kier molecular flexibility index (Phi) is 8.12. The number of fused-ring (bicyclic) bond motifs is 1. The van der Waals surface area contributed by atoms with Crippen molar-refractivity contribution in [3.63, 3.8) is 0 Å². The first-order valence-corrected chi connectivity index (χ1v) is 13.3. The van der Waals surface area contributed by atoms with Gasteiger partial charge in [0.2, 0.25) is 5.82 Å². The summed E-state index contributed by atoms with van der Waals surface area (Å²) in [7, 11) is 0. The van der Waals surface area contributed by atoms with Crippen molar-refractivity contribution in [2.45, 2.75) is 63.3 Å². The van der Waals surface area contributed by atoms with Gasteiger partial charge in [0.25, 0.3) is 5.91 Å². The molecule has 5 atom stereocenters. The second-order valence-corrected chi connectivity index (χ2v) is 10.0. The third kappa shape index (κ3) is 5.76. The lowest BCUT2D eigenvalue weighted by Crippen LogP contribution is -2.42. The van der Waals surface area contributed by atoms with Crippen LogP contribution in [0.4, 0.5) is 10.6 Å². The van der Waals surface area contributed by atoms with Gasteiger partial charge >= 0.3 is 6.09 Å². The number of aliphatic hydroxyl groups excluding tert-OH is 2. The first kappa shape index (κ1) is 27.1. The number of aliphatic hydroxyl groups is 2. The van der Waals surface area contributed by atoms with Crippen molar-refractivity contribution in [2.75, 3.05) is 38.5 Å². The highest BCUT2D eigenvalue weighted by atomic mass is 16.6. The molecule has 14 heteroatoms. The fourth-order valence-corrected chi connectivity index (χ4v) is 5.10. The van der Waals surface area contributed by atoms with Crippen molar-refractivity contribution in [3.05, 3.63) is 12.2 Å². The number of hydrogen-bond donors (Lipinski definition) is 5. The lowest BCUT2D eigenvalue weighted by Gasteiger charge is -2.31. The maximum atomic E-state index is 12.4. The van der Waals surface area contributed by atoms with E-state index in [2.05, 4.69) is 37.4 Å². The molecule has 1 unspecified atom stereocenters. The fourth-order valence-electron chi connectivity index (χ4n) is 5.10. The van der Waals surface area contributed by atoms with Crippen LogP contribution >= 0.6 is 0 Å². The molecule has 2 amide bonds. The number of nitrogens with zero attached hydrogens (tertiary/aromatic N) is 5. The number of likely N-dealkylation sites (N-methyl/N-ethyl adjacent to an activating group) is 1. The molecule has 3 aliphatic heterocycles. The van der Waals surface area contributed by atoms with Crippen LogP contribution in [-0.2, 0) is 14.3 Å². The molecular formula is C25H34N8O6. The van der Waals surface area contributed by atoms with E-state index in [1.54, 1.807) is 11.8 Å². The minimum atomic E-state index is -1.43. The van der Waals surface area contributed by atoms with Gasteiger partial charge in [0.05, 0.1) is 6.33 Å². The standard InChI is InChI=1S/C25H34N8O6/c1-2-28-23(36)20-18(34)19(35)24(39-20)33-13-29-17-21(26)30-16(31-22(17)33)5-3-4-14-7-10-32(11-8-14)25(37)38-15-6-9-27-12-15/h13-15,18-20,24,27,34-35H,2,4,6-12H2,1H3,(H,28,36)(H2,26,30,31)/t15?,18-,19+,20-,24+/m0/s1. The molecule has 2 aromatic rings. The minimum absolute atomic E-state index is 0.0438. The topological polar surface area (TPSA) is 190 Å². The molecule has 0 saturated carbocycles. The number of nitrogen functional groups attached to an aromatic ring is 1. The van der Waals surface area contributed by atoms with Crippen LogP contribution in [0.15, 0.2) is 6.33 Å². The van der Waals surface area contributed by atoms with E-state index >= 15 is 0 Å². The summed E-state index contributed by atoms with van der Waals surface area (Å²) in [6.07, 6.45) is -0.963. The van der Waals surface area contributed by atoms with Crippen LogP contribution in [0.25, 0.3) is 11.2 Å². The number of ether oxygens (including phenoxy) is 2. The molecule has 0 bridgehead atoms. The van der Waals surface area contributed by atoms with Crippen LogP contribution in [0.2, 0.25) is 0 Å². The summed E-state index contributed by atoms with van der Waals surface area (Å²) in [5.74, 6) is 6.18. The third-order valence-electron chi connectivity index (χ3n) is 7.32. The lowest BCUT2D eigenvalue weighted by molar-refractivity contribution is -0.137. The molecule has 5 rings (SSSR count). The molecule has 3 fully saturated rings. The Morgan fingerprint density at radius 1 is 1.26 bits per heavy atom. The summed E-state index contributed by atoms with van der Waals surface area (Å²) < 4.78 is 12.7. The molecule has 210 valence electrons. The minimum Gasteiger partial charge on any atom is -0.445 e. The van der Waals surface area contributed by atoms with Crippen molar-refractivity contribution in [1.29, 1.82) is 0 Å². The van der Waals surface area contributed by atoms with E-state index in [4.69, 9.17) is 15.2 Å². The Morgan fingerprint density at radius 3 is 2.77 bits per heavy atom. The number of aromatic nitrogens is 4.